The van der Waals surface area contributed by atoms with Crippen LogP contribution in [-0.4, -0.2) is 36.8 Å². The van der Waals surface area contributed by atoms with Gasteiger partial charge < -0.3 is 0 Å². The Morgan fingerprint density at radius 1 is 0.857 bits per heavy atom. The fraction of sp³-hybridized carbons (Fsp3) is 0.667. The minimum absolute atomic E-state index is 0.516. The summed E-state index contributed by atoms with van der Waals surface area (Å²) >= 11 is 0. The van der Waals surface area contributed by atoms with E-state index in [4.69, 9.17) is 0 Å². The first-order chi connectivity index (χ1) is 6.91. The first-order valence-electron chi connectivity index (χ1n) is 3.57. The molecule has 0 aromatic rings. The van der Waals surface area contributed by atoms with Gasteiger partial charge in [-0.05, 0) is 19.7 Å². The van der Waals surface area contributed by atoms with E-state index in [1.165, 1.54) is 12.2 Å². The maximum Gasteiger partial charge on any atom is 0.234 e. The molecule has 8 heteroatoms. The highest BCUT2D eigenvalue weighted by Gasteiger charge is 1.92. The molecule has 0 aliphatic heterocycles. The van der Waals surface area contributed by atoms with Crippen LogP contribution in [0.15, 0.2) is 9.98 Å². The summed E-state index contributed by atoms with van der Waals surface area (Å²) in [6.07, 6.45) is 2.97. The van der Waals surface area contributed by atoms with Crippen LogP contribution in [0.25, 0.3) is 0 Å². The van der Waals surface area contributed by atoms with Crippen molar-refractivity contribution < 1.29 is 9.59 Å². The predicted octanol–water partition coefficient (Wildman–Crippen LogP) is 2.34. The number of isocyanates is 2. The molecule has 0 fully saturated rings. The Hall–Kier alpha value is 0.160. The van der Waals surface area contributed by atoms with Gasteiger partial charge in [-0.3, -0.25) is 0 Å². The van der Waals surface area contributed by atoms with E-state index in [1.807, 2.05) is 0 Å². The van der Waals surface area contributed by atoms with Crippen LogP contribution in [0.4, 0.5) is 0 Å². The lowest BCUT2D eigenvalue weighted by Crippen LogP contribution is -1.80. The summed E-state index contributed by atoms with van der Waals surface area (Å²) in [6.45, 7) is 1.03. The van der Waals surface area contributed by atoms with E-state index in [0.717, 1.165) is 11.5 Å². The zero-order chi connectivity index (χ0) is 10.5. The Morgan fingerprint density at radius 2 is 1.29 bits per heavy atom. The summed E-state index contributed by atoms with van der Waals surface area (Å²) in [5, 5.41) is 0. The molecular formula is C6H8N2O2S4. The van der Waals surface area contributed by atoms with Crippen LogP contribution in [0.2, 0.25) is 0 Å². The molecule has 0 unspecified atom stereocenters. The third kappa shape index (κ3) is 12.2. The molecule has 0 rings (SSSR count). The third-order valence-corrected chi connectivity index (χ3v) is 7.25. The molecule has 0 aliphatic carbocycles. The third-order valence-electron chi connectivity index (χ3n) is 0.826. The quantitative estimate of drug-likeness (QED) is 0.277. The predicted molar refractivity (Wildman–Crippen MR) is 66.1 cm³/mol. The molecule has 78 valence electrons. The second-order valence-electron chi connectivity index (χ2n) is 1.73. The minimum atomic E-state index is 0.516. The highest BCUT2D eigenvalue weighted by atomic mass is 33.7. The van der Waals surface area contributed by atoms with Crippen LogP contribution in [0.5, 0.6) is 0 Å². The van der Waals surface area contributed by atoms with E-state index >= 15 is 0 Å². The molecule has 14 heavy (non-hydrogen) atoms. The second kappa shape index (κ2) is 13.2. The Kier molecular flexibility index (Phi) is 13.3. The zero-order valence-electron chi connectivity index (χ0n) is 7.17. The van der Waals surface area contributed by atoms with Gasteiger partial charge in [-0.2, -0.15) is 0 Å². The van der Waals surface area contributed by atoms with Crippen LogP contribution in [0.3, 0.4) is 0 Å². The van der Waals surface area contributed by atoms with Crippen LogP contribution < -0.4 is 0 Å². The number of rotatable bonds is 9. The minimum Gasteiger partial charge on any atom is -0.211 e. The Bertz CT molecular complexity index is 202. The highest BCUT2D eigenvalue weighted by molar-refractivity contribution is 9.26. The molecule has 0 aromatic heterocycles. The SMILES string of the molecule is O=C=NCCSSSSCCN=C=O. The van der Waals surface area contributed by atoms with Crippen molar-refractivity contribution in [3.8, 4) is 0 Å². The lowest BCUT2D eigenvalue weighted by molar-refractivity contribution is 0.562. The van der Waals surface area contributed by atoms with Gasteiger partial charge in [0, 0.05) is 11.5 Å². The molecule has 0 amide bonds. The fourth-order valence-corrected chi connectivity index (χ4v) is 6.06. The fourth-order valence-electron chi connectivity index (χ4n) is 0.364. The lowest BCUT2D eigenvalue weighted by atomic mass is 10.8. The van der Waals surface area contributed by atoms with Gasteiger partial charge in [0.15, 0.2) is 0 Å². The Morgan fingerprint density at radius 3 is 1.64 bits per heavy atom. The summed E-state index contributed by atoms with van der Waals surface area (Å²) in [5.74, 6) is 1.61. The number of aliphatic imine (C=N–C) groups is 2. The van der Waals surface area contributed by atoms with E-state index in [-0.39, 0.29) is 0 Å². The molecule has 0 bridgehead atoms. The van der Waals surface area contributed by atoms with Crippen LogP contribution in [0.1, 0.15) is 0 Å². The lowest BCUT2D eigenvalue weighted by Gasteiger charge is -1.95. The van der Waals surface area contributed by atoms with Gasteiger partial charge in [-0.15, -0.1) is 0 Å². The van der Waals surface area contributed by atoms with Crippen molar-refractivity contribution in [3.63, 3.8) is 0 Å². The molecule has 0 aromatic carbocycles. The summed E-state index contributed by atoms with van der Waals surface area (Å²) in [6, 6.07) is 0. The van der Waals surface area contributed by atoms with E-state index in [2.05, 4.69) is 9.98 Å². The monoisotopic (exact) mass is 268 g/mol. The van der Waals surface area contributed by atoms with Gasteiger partial charge in [0.2, 0.25) is 12.2 Å². The van der Waals surface area contributed by atoms with Crippen LogP contribution >= 0.6 is 41.2 Å². The van der Waals surface area contributed by atoms with Crippen molar-refractivity contribution in [1.82, 2.24) is 0 Å². The van der Waals surface area contributed by atoms with Gasteiger partial charge in [0.1, 0.15) is 0 Å². The molecule has 0 N–H and O–H groups in total. The molecule has 0 saturated carbocycles. The summed E-state index contributed by atoms with van der Waals surface area (Å²) in [4.78, 5) is 26.2. The molecule has 0 saturated heterocycles. The molecule has 4 nitrogen and oxygen atoms in total. The smallest absolute Gasteiger partial charge is 0.211 e. The number of hydrogen-bond acceptors (Lipinski definition) is 8. The van der Waals surface area contributed by atoms with Gasteiger partial charge in [0.25, 0.3) is 0 Å². The Labute approximate surface area is 97.4 Å². The molecule has 0 heterocycles. The largest absolute Gasteiger partial charge is 0.234 e. The van der Waals surface area contributed by atoms with E-state index < -0.39 is 0 Å². The first kappa shape index (κ1) is 14.2. The highest BCUT2D eigenvalue weighted by Crippen LogP contribution is 2.42. The standard InChI is InChI=1S/C6H8N2O2S4/c9-5-7-1-3-11-13-14-12-4-2-8-6-10/h1-4H2. The summed E-state index contributed by atoms with van der Waals surface area (Å²) in [7, 11) is 6.53. The average Bonchev–Trinajstić information content (AvgIpc) is 2.21. The van der Waals surface area contributed by atoms with Crippen molar-refractivity contribution >= 4 is 53.4 Å². The van der Waals surface area contributed by atoms with Gasteiger partial charge in [-0.25, -0.2) is 19.6 Å². The van der Waals surface area contributed by atoms with Crippen molar-refractivity contribution in [2.45, 2.75) is 0 Å². The Balaban J connectivity index is 2.98. The zero-order valence-corrected chi connectivity index (χ0v) is 10.4. The summed E-state index contributed by atoms with van der Waals surface area (Å²) in [5.41, 5.74) is 0. The molecule has 0 spiro atoms. The molecule has 0 atom stereocenters. The van der Waals surface area contributed by atoms with E-state index in [1.54, 1.807) is 41.2 Å². The van der Waals surface area contributed by atoms with Crippen molar-refractivity contribution in [1.29, 1.82) is 0 Å². The van der Waals surface area contributed by atoms with Gasteiger partial charge >= 0.3 is 0 Å². The maximum atomic E-state index is 9.68. The summed E-state index contributed by atoms with van der Waals surface area (Å²) < 4.78 is 0. The topological polar surface area (TPSA) is 58.9 Å². The van der Waals surface area contributed by atoms with E-state index in [9.17, 15) is 9.59 Å². The van der Waals surface area contributed by atoms with E-state index in [0.29, 0.717) is 13.1 Å². The first-order valence-corrected chi connectivity index (χ1v) is 8.72. The van der Waals surface area contributed by atoms with Crippen molar-refractivity contribution in [2.75, 3.05) is 24.6 Å². The van der Waals surface area contributed by atoms with Crippen molar-refractivity contribution in [2.24, 2.45) is 9.98 Å². The van der Waals surface area contributed by atoms with Crippen LogP contribution in [0, 0.1) is 0 Å². The number of nitrogens with zero attached hydrogens (tertiary/aromatic N) is 2. The second-order valence-corrected chi connectivity index (χ2v) is 7.97. The average molecular weight is 268 g/mol. The molecule has 0 aliphatic rings. The van der Waals surface area contributed by atoms with Crippen LogP contribution in [-0.2, 0) is 9.59 Å². The van der Waals surface area contributed by atoms with Gasteiger partial charge in [0.05, 0.1) is 13.1 Å². The molecular weight excluding hydrogens is 260 g/mol. The van der Waals surface area contributed by atoms with Gasteiger partial charge in [-0.1, -0.05) is 21.6 Å². The normalized spacial score (nSPS) is 8.86. The number of carbonyl (C=O) groups excluding carboxylic acids is 2. The molecule has 0 radical (unpaired) electrons. The van der Waals surface area contributed by atoms with Crippen molar-refractivity contribution in [3.05, 3.63) is 0 Å². The number of hydrogen-bond donors (Lipinski definition) is 0. The maximum absolute atomic E-state index is 9.68.